The second kappa shape index (κ2) is 19.4. The molecule has 2 bridgehead atoms. The summed E-state index contributed by atoms with van der Waals surface area (Å²) in [7, 11) is 1.27. The SMILES string of the molecule is COC(=O)N[C@@H](C(=O)N1C(c2ncc(-c3ccc(-c4cc(Cl)c(NC(=O)c5ccc(N6CCN(C(=O)C(C)(C)C)C[C@H]6C)nc5)cc4OC(F)(F)F)cc3)[nH]2)[C@H]2CCC[C@H]1C2)C1CCOCC1. The van der Waals surface area contributed by atoms with Crippen molar-refractivity contribution in [2.75, 3.05) is 50.2 Å². The molecule has 3 N–H and O–H groups in total. The van der Waals surface area contributed by atoms with Crippen molar-refractivity contribution in [3.05, 3.63) is 77.3 Å². The molecule has 1 unspecified atom stereocenters. The van der Waals surface area contributed by atoms with Gasteiger partial charge >= 0.3 is 12.5 Å². The third-order valence-corrected chi connectivity index (χ3v) is 13.6. The zero-order valence-electron chi connectivity index (χ0n) is 38.1. The number of carbonyl (C=O) groups excluding carboxylic acids is 4. The Morgan fingerprint density at radius 2 is 1.67 bits per heavy atom. The molecule has 8 rings (SSSR count). The van der Waals surface area contributed by atoms with Gasteiger partial charge in [0.1, 0.15) is 23.4 Å². The molecule has 0 spiro atoms. The van der Waals surface area contributed by atoms with Crippen LogP contribution in [0.15, 0.2) is 60.9 Å². The predicted molar refractivity (Wildman–Crippen MR) is 244 cm³/mol. The molecule has 5 atom stereocenters. The lowest BCUT2D eigenvalue weighted by atomic mass is 9.87. The molecule has 3 aliphatic heterocycles. The van der Waals surface area contributed by atoms with E-state index in [4.69, 9.17) is 26.1 Å². The van der Waals surface area contributed by atoms with Crippen molar-refractivity contribution in [1.29, 1.82) is 0 Å². The molecule has 2 aromatic heterocycles. The highest BCUT2D eigenvalue weighted by Gasteiger charge is 2.50. The van der Waals surface area contributed by atoms with Crippen LogP contribution in [0.5, 0.6) is 5.75 Å². The number of nitrogens with one attached hydrogen (secondary N) is 3. The molecule has 4 amide bonds. The van der Waals surface area contributed by atoms with Crippen molar-refractivity contribution in [3.8, 4) is 28.1 Å². The number of imidazole rings is 1. The number of pyridine rings is 1. The number of aromatic amines is 1. The number of nitrogens with zero attached hydrogens (tertiary/aromatic N) is 5. The number of hydrogen-bond acceptors (Lipinski definition) is 10. The van der Waals surface area contributed by atoms with Crippen molar-refractivity contribution in [3.63, 3.8) is 0 Å². The maximum Gasteiger partial charge on any atom is 0.573 e. The Bertz CT molecular complexity index is 2460. The Labute approximate surface area is 392 Å². The first-order chi connectivity index (χ1) is 31.9. The summed E-state index contributed by atoms with van der Waals surface area (Å²) >= 11 is 6.64. The van der Waals surface area contributed by atoms with Crippen LogP contribution in [0.2, 0.25) is 5.02 Å². The molecule has 358 valence electrons. The van der Waals surface area contributed by atoms with Crippen molar-refractivity contribution in [2.24, 2.45) is 17.3 Å². The van der Waals surface area contributed by atoms with Crippen molar-refractivity contribution in [1.82, 2.24) is 30.1 Å². The largest absolute Gasteiger partial charge is 0.573 e. The molecule has 0 radical (unpaired) electrons. The predicted octanol–water partition coefficient (Wildman–Crippen LogP) is 8.62. The number of likely N-dealkylation sites (tertiary alicyclic amines) is 1. The number of piperazine rings is 1. The van der Waals surface area contributed by atoms with Crippen LogP contribution in [-0.2, 0) is 19.1 Å². The molecule has 5 heterocycles. The molecule has 4 aliphatic rings. The summed E-state index contributed by atoms with van der Waals surface area (Å²) in [5.74, 6) is -0.0352. The summed E-state index contributed by atoms with van der Waals surface area (Å²) < 4.78 is 56.6. The van der Waals surface area contributed by atoms with Crippen molar-refractivity contribution >= 4 is 46.9 Å². The average Bonchev–Trinajstić information content (AvgIpc) is 3.89. The van der Waals surface area contributed by atoms with E-state index >= 15 is 0 Å². The van der Waals surface area contributed by atoms with Gasteiger partial charge in [0.05, 0.1) is 41.3 Å². The lowest BCUT2D eigenvalue weighted by molar-refractivity contribution is -0.274. The van der Waals surface area contributed by atoms with E-state index in [1.165, 1.54) is 19.4 Å². The lowest BCUT2D eigenvalue weighted by Gasteiger charge is -2.42. The molecule has 67 heavy (non-hydrogen) atoms. The molecule has 19 heteroatoms. The Morgan fingerprint density at radius 3 is 2.33 bits per heavy atom. The van der Waals surface area contributed by atoms with Gasteiger partial charge in [-0.05, 0) is 80.2 Å². The number of ether oxygens (including phenoxy) is 3. The van der Waals surface area contributed by atoms with Gasteiger partial charge in [0, 0.05) is 68.2 Å². The third-order valence-electron chi connectivity index (χ3n) is 13.3. The zero-order chi connectivity index (χ0) is 47.8. The summed E-state index contributed by atoms with van der Waals surface area (Å²) in [4.78, 5) is 71.8. The van der Waals surface area contributed by atoms with E-state index in [-0.39, 0.29) is 63.6 Å². The van der Waals surface area contributed by atoms with Gasteiger partial charge in [0.25, 0.3) is 5.91 Å². The fraction of sp³-hybridized carbons (Fsp3) is 0.500. The molecule has 15 nitrogen and oxygen atoms in total. The average molecular weight is 949 g/mol. The van der Waals surface area contributed by atoms with Gasteiger partial charge in [0.2, 0.25) is 11.8 Å². The molecule has 2 aromatic carbocycles. The van der Waals surface area contributed by atoms with Crippen LogP contribution in [-0.4, -0.2) is 113 Å². The highest BCUT2D eigenvalue weighted by atomic mass is 35.5. The van der Waals surface area contributed by atoms with Crippen LogP contribution in [0, 0.1) is 17.3 Å². The summed E-state index contributed by atoms with van der Waals surface area (Å²) in [6, 6.07) is 11.2. The smallest absolute Gasteiger partial charge is 0.453 e. The van der Waals surface area contributed by atoms with E-state index in [2.05, 4.69) is 30.2 Å². The summed E-state index contributed by atoms with van der Waals surface area (Å²) in [6.07, 6.45) is 2.12. The van der Waals surface area contributed by atoms with E-state index in [1.807, 2.05) is 37.5 Å². The second-order valence-corrected chi connectivity index (χ2v) is 19.3. The van der Waals surface area contributed by atoms with Gasteiger partial charge in [-0.2, -0.15) is 0 Å². The van der Waals surface area contributed by atoms with Crippen LogP contribution >= 0.6 is 11.6 Å². The molecule has 1 saturated carbocycles. The number of benzene rings is 2. The van der Waals surface area contributed by atoms with E-state index in [0.29, 0.717) is 74.2 Å². The van der Waals surface area contributed by atoms with Gasteiger partial charge in [-0.15, -0.1) is 13.2 Å². The van der Waals surface area contributed by atoms with Crippen LogP contribution in [0.1, 0.15) is 88.4 Å². The second-order valence-electron chi connectivity index (χ2n) is 18.9. The Morgan fingerprint density at radius 1 is 0.940 bits per heavy atom. The number of alkyl carbamates (subject to hydrolysis) is 1. The highest BCUT2D eigenvalue weighted by molar-refractivity contribution is 6.34. The van der Waals surface area contributed by atoms with Gasteiger partial charge in [0.15, 0.2) is 0 Å². The Hall–Kier alpha value is -5.88. The quantitative estimate of drug-likeness (QED) is 0.140. The monoisotopic (exact) mass is 948 g/mol. The highest BCUT2D eigenvalue weighted by Crippen LogP contribution is 2.49. The minimum Gasteiger partial charge on any atom is -0.453 e. The van der Waals surface area contributed by atoms with Gasteiger partial charge in [-0.1, -0.05) is 63.1 Å². The summed E-state index contributed by atoms with van der Waals surface area (Å²) in [6.45, 7) is 10.3. The van der Waals surface area contributed by atoms with Crippen molar-refractivity contribution < 1.29 is 46.6 Å². The minimum atomic E-state index is -5.06. The number of H-pyrrole nitrogens is 1. The number of rotatable bonds is 10. The van der Waals surface area contributed by atoms with Gasteiger partial charge in [-0.3, -0.25) is 14.4 Å². The first-order valence-electron chi connectivity index (χ1n) is 22.7. The van der Waals surface area contributed by atoms with E-state index in [1.54, 1.807) is 42.6 Å². The molecule has 4 fully saturated rings. The van der Waals surface area contributed by atoms with Crippen LogP contribution in [0.25, 0.3) is 22.4 Å². The molecule has 4 aromatic rings. The van der Waals surface area contributed by atoms with Gasteiger partial charge < -0.3 is 44.5 Å². The normalized spacial score (nSPS) is 21.7. The number of carbonyl (C=O) groups is 4. The summed E-state index contributed by atoms with van der Waals surface area (Å²) in [5.41, 5.74) is 1.28. The zero-order valence-corrected chi connectivity index (χ0v) is 38.9. The fourth-order valence-electron chi connectivity index (χ4n) is 10.0. The molecule has 1 aliphatic carbocycles. The molecule has 3 saturated heterocycles. The van der Waals surface area contributed by atoms with Crippen LogP contribution < -0.4 is 20.3 Å². The Balaban J connectivity index is 0.981. The number of methoxy groups -OCH3 is 1. The van der Waals surface area contributed by atoms with Gasteiger partial charge in [-0.25, -0.2) is 14.8 Å². The van der Waals surface area contributed by atoms with Crippen LogP contribution in [0.3, 0.4) is 0 Å². The molecular formula is C48H56ClF3N8O7. The first-order valence-corrected chi connectivity index (χ1v) is 23.1. The number of amides is 4. The molecular weight excluding hydrogens is 893 g/mol. The fourth-order valence-corrected chi connectivity index (χ4v) is 10.2. The number of alkyl halides is 3. The number of anilines is 2. The topological polar surface area (TPSA) is 171 Å². The first kappa shape index (κ1) is 47.6. The van der Waals surface area contributed by atoms with Crippen molar-refractivity contribution in [2.45, 2.75) is 96.7 Å². The van der Waals surface area contributed by atoms with E-state index in [0.717, 1.165) is 31.7 Å². The maximum absolute atomic E-state index is 14.5. The number of halogens is 4. The lowest BCUT2D eigenvalue weighted by Crippen LogP contribution is -2.56. The number of hydrogen-bond donors (Lipinski definition) is 3. The maximum atomic E-state index is 14.5. The number of aromatic nitrogens is 3. The minimum absolute atomic E-state index is 0.0102. The Kier molecular flexibility index (Phi) is 13.8. The van der Waals surface area contributed by atoms with E-state index in [9.17, 15) is 32.3 Å². The standard InChI is InChI=1S/C48H56ClF3N8O7/c1-27-26-58(45(63)47(2,3)4)17-18-59(27)39-14-13-32(24-53-39)43(61)56-36-23-38(67-48(50,51)52)34(22-35(36)49)28-9-11-29(12-10-28)37-25-54-42(55-37)41-31-7-6-8-33(21-31)60(41)44(62)40(57-46(64)65-5)30-15-19-66-20-16-30/h9-14,22-25,27,30-31,33,40-41H,6-8,15-21,26H2,1-5H3,(H,54,55)(H,56,61)(H,57,64)/t27-,31+,33+,40-,41?/m1/s1. The number of fused-ring (bicyclic) bond motifs is 2. The van der Waals surface area contributed by atoms with Crippen LogP contribution in [0.4, 0.5) is 29.5 Å². The van der Waals surface area contributed by atoms with E-state index < -0.39 is 35.6 Å². The summed E-state index contributed by atoms with van der Waals surface area (Å²) in [5, 5.41) is 5.40. The third kappa shape index (κ3) is 10.5.